The fourth-order valence-electron chi connectivity index (χ4n) is 3.00. The van der Waals surface area contributed by atoms with E-state index >= 15 is 0 Å². The molecule has 2 heterocycles. The molecule has 0 bridgehead atoms. The molecule has 0 saturated carbocycles. The Labute approximate surface area is 133 Å². The Morgan fingerprint density at radius 3 is 2.59 bits per heavy atom. The predicted molar refractivity (Wildman–Crippen MR) is 83.8 cm³/mol. The van der Waals surface area contributed by atoms with Gasteiger partial charge in [-0.2, -0.15) is 11.8 Å². The Balaban J connectivity index is 1.74. The van der Waals surface area contributed by atoms with E-state index in [4.69, 9.17) is 9.84 Å². The second-order valence-corrected chi connectivity index (χ2v) is 6.71. The zero-order valence-corrected chi connectivity index (χ0v) is 13.0. The monoisotopic (exact) mass is 321 g/mol. The molecule has 1 aromatic rings. The van der Waals surface area contributed by atoms with Crippen LogP contribution in [0.25, 0.3) is 0 Å². The fourth-order valence-corrected chi connectivity index (χ4v) is 4.09. The van der Waals surface area contributed by atoms with Gasteiger partial charge in [-0.15, -0.1) is 0 Å². The Morgan fingerprint density at radius 2 is 1.91 bits per heavy atom. The zero-order chi connectivity index (χ0) is 15.5. The first-order valence-electron chi connectivity index (χ1n) is 7.48. The van der Waals surface area contributed by atoms with E-state index in [1.807, 2.05) is 47.0 Å². The summed E-state index contributed by atoms with van der Waals surface area (Å²) in [5, 5.41) is 9.00. The summed E-state index contributed by atoms with van der Waals surface area (Å²) in [7, 11) is 0. The summed E-state index contributed by atoms with van der Waals surface area (Å²) in [5.74, 6) is 0.719. The average molecular weight is 321 g/mol. The van der Waals surface area contributed by atoms with Crippen LogP contribution in [0.15, 0.2) is 30.3 Å². The molecule has 6 heteroatoms. The molecule has 2 saturated heterocycles. The smallest absolute Gasteiger partial charge is 0.332 e. The number of nitrogens with zero attached hydrogens (tertiary/aromatic N) is 1. The number of rotatable bonds is 3. The summed E-state index contributed by atoms with van der Waals surface area (Å²) in [4.78, 5) is 25.6. The number of hydrogen-bond acceptors (Lipinski definition) is 4. The molecule has 0 radical (unpaired) electrons. The van der Waals surface area contributed by atoms with Crippen molar-refractivity contribution in [1.82, 2.24) is 4.90 Å². The molecular formula is C16H19NO4S. The highest BCUT2D eigenvalue weighted by atomic mass is 32.2. The van der Waals surface area contributed by atoms with Gasteiger partial charge in [0.2, 0.25) is 0 Å². The van der Waals surface area contributed by atoms with E-state index in [9.17, 15) is 9.59 Å². The molecule has 2 fully saturated rings. The van der Waals surface area contributed by atoms with Crippen LogP contribution in [-0.4, -0.2) is 52.1 Å². The second-order valence-electron chi connectivity index (χ2n) is 5.56. The third-order valence-corrected chi connectivity index (χ3v) is 5.19. The molecule has 3 rings (SSSR count). The molecular weight excluding hydrogens is 302 g/mol. The number of hydrogen-bond donors (Lipinski definition) is 1. The van der Waals surface area contributed by atoms with E-state index in [0.29, 0.717) is 19.4 Å². The third-order valence-electron chi connectivity index (χ3n) is 4.17. The van der Waals surface area contributed by atoms with Gasteiger partial charge in [-0.05, 0) is 18.4 Å². The molecule has 118 valence electrons. The van der Waals surface area contributed by atoms with Gasteiger partial charge in [-0.3, -0.25) is 4.79 Å². The van der Waals surface area contributed by atoms with Crippen LogP contribution in [0.2, 0.25) is 0 Å². The van der Waals surface area contributed by atoms with Crippen LogP contribution in [0.5, 0.6) is 0 Å². The average Bonchev–Trinajstić information content (AvgIpc) is 3.05. The normalized spacial score (nSPS) is 28.5. The van der Waals surface area contributed by atoms with Gasteiger partial charge in [0.25, 0.3) is 5.91 Å². The van der Waals surface area contributed by atoms with Crippen LogP contribution >= 0.6 is 11.8 Å². The largest absolute Gasteiger partial charge is 0.479 e. The van der Waals surface area contributed by atoms with Gasteiger partial charge in [0.15, 0.2) is 6.10 Å². The van der Waals surface area contributed by atoms with Crippen molar-refractivity contribution in [3.05, 3.63) is 35.9 Å². The number of thioether (sulfide) groups is 1. The van der Waals surface area contributed by atoms with E-state index < -0.39 is 18.2 Å². The van der Waals surface area contributed by atoms with Gasteiger partial charge in [0.05, 0.1) is 6.04 Å². The molecule has 0 aromatic heterocycles. The quantitative estimate of drug-likeness (QED) is 0.921. The minimum absolute atomic E-state index is 0.0416. The molecule has 1 N–H and O–H groups in total. The molecule has 2 aliphatic rings. The summed E-state index contributed by atoms with van der Waals surface area (Å²) in [6.45, 7) is 0.681. The first kappa shape index (κ1) is 15.4. The maximum Gasteiger partial charge on any atom is 0.332 e. The van der Waals surface area contributed by atoms with Crippen molar-refractivity contribution in [1.29, 1.82) is 0 Å². The number of carboxylic acids is 1. The Morgan fingerprint density at radius 1 is 1.18 bits per heavy atom. The van der Waals surface area contributed by atoms with Crippen molar-refractivity contribution in [2.75, 3.05) is 18.1 Å². The van der Waals surface area contributed by atoms with Crippen molar-refractivity contribution in [3.8, 4) is 0 Å². The number of ether oxygens (including phenoxy) is 1. The molecule has 1 unspecified atom stereocenters. The van der Waals surface area contributed by atoms with Crippen molar-refractivity contribution in [2.24, 2.45) is 0 Å². The molecule has 1 amide bonds. The molecule has 1 aromatic carbocycles. The van der Waals surface area contributed by atoms with Gasteiger partial charge in [0, 0.05) is 18.1 Å². The highest BCUT2D eigenvalue weighted by Gasteiger charge is 2.39. The second kappa shape index (κ2) is 6.71. The molecule has 0 spiro atoms. The van der Waals surface area contributed by atoms with E-state index in [1.54, 1.807) is 0 Å². The number of aliphatic carboxylic acids is 1. The minimum Gasteiger partial charge on any atom is -0.479 e. The number of amides is 1. The highest BCUT2D eigenvalue weighted by Crippen LogP contribution is 2.32. The van der Waals surface area contributed by atoms with Crippen LogP contribution in [-0.2, 0) is 14.3 Å². The maximum absolute atomic E-state index is 12.8. The van der Waals surface area contributed by atoms with Gasteiger partial charge in [-0.25, -0.2) is 4.79 Å². The van der Waals surface area contributed by atoms with Crippen molar-refractivity contribution in [3.63, 3.8) is 0 Å². The predicted octanol–water partition coefficient (Wildman–Crippen LogP) is 1.94. The first-order valence-corrected chi connectivity index (χ1v) is 8.63. The zero-order valence-electron chi connectivity index (χ0n) is 12.2. The van der Waals surface area contributed by atoms with Crippen LogP contribution in [0.3, 0.4) is 0 Å². The van der Waals surface area contributed by atoms with Gasteiger partial charge in [-0.1, -0.05) is 30.3 Å². The van der Waals surface area contributed by atoms with Crippen LogP contribution in [0.4, 0.5) is 0 Å². The molecule has 0 aliphatic carbocycles. The number of carbonyl (C=O) groups excluding carboxylic acids is 1. The molecule has 22 heavy (non-hydrogen) atoms. The van der Waals surface area contributed by atoms with Crippen LogP contribution < -0.4 is 0 Å². The lowest BCUT2D eigenvalue weighted by Gasteiger charge is -2.37. The Hall–Kier alpha value is -1.53. The molecule has 5 nitrogen and oxygen atoms in total. The van der Waals surface area contributed by atoms with E-state index in [-0.39, 0.29) is 11.9 Å². The fraction of sp³-hybridized carbons (Fsp3) is 0.500. The lowest BCUT2D eigenvalue weighted by Crippen LogP contribution is -2.46. The highest BCUT2D eigenvalue weighted by molar-refractivity contribution is 7.99. The van der Waals surface area contributed by atoms with Crippen molar-refractivity contribution in [2.45, 2.75) is 31.1 Å². The number of carbonyl (C=O) groups is 2. The Bertz CT molecular complexity index is 550. The first-order chi connectivity index (χ1) is 10.7. The van der Waals surface area contributed by atoms with Crippen molar-refractivity contribution < 1.29 is 19.4 Å². The Kier molecular flexibility index (Phi) is 4.69. The van der Waals surface area contributed by atoms with Gasteiger partial charge in [0.1, 0.15) is 6.10 Å². The summed E-state index contributed by atoms with van der Waals surface area (Å²) >= 11 is 1.84. The lowest BCUT2D eigenvalue weighted by molar-refractivity contribution is -0.155. The van der Waals surface area contributed by atoms with Crippen LogP contribution in [0.1, 0.15) is 24.4 Å². The maximum atomic E-state index is 12.8. The van der Waals surface area contributed by atoms with Gasteiger partial charge < -0.3 is 14.7 Å². The van der Waals surface area contributed by atoms with E-state index in [0.717, 1.165) is 17.1 Å². The third kappa shape index (κ3) is 3.13. The summed E-state index contributed by atoms with van der Waals surface area (Å²) in [5.41, 5.74) is 1.12. The summed E-state index contributed by atoms with van der Waals surface area (Å²) in [6.07, 6.45) is -0.565. The van der Waals surface area contributed by atoms with Crippen LogP contribution in [0, 0.1) is 0 Å². The topological polar surface area (TPSA) is 66.8 Å². The van der Waals surface area contributed by atoms with Gasteiger partial charge >= 0.3 is 5.97 Å². The standard InChI is InChI=1S/C16H19NO4S/c18-15(13-6-7-14(21-13)16(19)20)17-8-9-22-10-12(17)11-4-2-1-3-5-11/h1-5,12-14H,6-10H2,(H,19,20)/t12?,13-,14+/m0/s1. The summed E-state index contributed by atoms with van der Waals surface area (Å²) in [6, 6.07) is 10.0. The number of benzene rings is 1. The minimum atomic E-state index is -0.982. The summed E-state index contributed by atoms with van der Waals surface area (Å²) < 4.78 is 5.42. The number of carboxylic acid groups (broad SMARTS) is 1. The van der Waals surface area contributed by atoms with E-state index in [2.05, 4.69) is 0 Å². The molecule has 2 aliphatic heterocycles. The lowest BCUT2D eigenvalue weighted by atomic mass is 10.1. The van der Waals surface area contributed by atoms with E-state index in [1.165, 1.54) is 0 Å². The van der Waals surface area contributed by atoms with Crippen molar-refractivity contribution >= 4 is 23.6 Å². The SMILES string of the molecule is O=C(O)[C@H]1CC[C@@H](C(=O)N2CCSCC2c2ccccc2)O1. The molecule has 3 atom stereocenters.